The van der Waals surface area contributed by atoms with Gasteiger partial charge in [0.15, 0.2) is 0 Å². The number of aliphatic hydroxyl groups excluding tert-OH is 1. The van der Waals surface area contributed by atoms with Crippen LogP contribution in [0.1, 0.15) is 100 Å². The Kier molecular flexibility index (Phi) is 14.8. The van der Waals surface area contributed by atoms with Crippen molar-refractivity contribution in [3.05, 3.63) is 108 Å². The quantitative estimate of drug-likeness (QED) is 0.152. The maximum Gasteiger partial charge on any atom is 0.0869 e. The Labute approximate surface area is 231 Å². The molecule has 0 fully saturated rings. The van der Waals surface area contributed by atoms with Gasteiger partial charge in [0.2, 0.25) is 0 Å². The molecular weight excluding hydrogens is 468 g/mol. The Balaban J connectivity index is 1.63. The van der Waals surface area contributed by atoms with Crippen molar-refractivity contribution < 1.29 is 14.6 Å². The Morgan fingerprint density at radius 2 is 1.00 bits per heavy atom. The molecule has 3 rings (SSSR count). The van der Waals surface area contributed by atoms with Crippen LogP contribution in [0.5, 0.6) is 0 Å². The molecule has 38 heavy (non-hydrogen) atoms. The minimum atomic E-state index is -0.595. The second-order valence-electron chi connectivity index (χ2n) is 10.4. The minimum absolute atomic E-state index is 0.0816. The van der Waals surface area contributed by atoms with Gasteiger partial charge in [0.05, 0.1) is 31.5 Å². The zero-order valence-corrected chi connectivity index (χ0v) is 23.3. The molecule has 3 unspecified atom stereocenters. The lowest BCUT2D eigenvalue weighted by atomic mass is 9.96. The van der Waals surface area contributed by atoms with Crippen molar-refractivity contribution in [2.75, 3.05) is 0 Å². The lowest BCUT2D eigenvalue weighted by Crippen LogP contribution is -2.33. The minimum Gasteiger partial charge on any atom is -0.388 e. The molecule has 0 bridgehead atoms. The third-order valence-electron chi connectivity index (χ3n) is 7.26. The fourth-order valence-corrected chi connectivity index (χ4v) is 4.95. The molecule has 0 saturated carbocycles. The lowest BCUT2D eigenvalue weighted by molar-refractivity contribution is -0.104. The molecule has 3 atom stereocenters. The summed E-state index contributed by atoms with van der Waals surface area (Å²) in [7, 11) is 0. The number of unbranched alkanes of at least 4 members (excludes halogenated alkanes) is 8. The van der Waals surface area contributed by atoms with Gasteiger partial charge in [0.1, 0.15) is 0 Å². The van der Waals surface area contributed by atoms with Crippen LogP contribution in [-0.4, -0.2) is 17.3 Å². The molecule has 0 saturated heterocycles. The highest BCUT2D eigenvalue weighted by molar-refractivity contribution is 5.18. The fourth-order valence-electron chi connectivity index (χ4n) is 4.95. The SMILES string of the molecule is CCCCCCCCCCCC(OCc1ccccc1)C(CC(O)c1ccccc1)OCc1ccccc1. The maximum absolute atomic E-state index is 11.1. The molecule has 0 spiro atoms. The summed E-state index contributed by atoms with van der Waals surface area (Å²) in [6.45, 7) is 3.33. The van der Waals surface area contributed by atoms with E-state index in [1.165, 1.54) is 51.4 Å². The predicted molar refractivity (Wildman–Crippen MR) is 158 cm³/mol. The van der Waals surface area contributed by atoms with Gasteiger partial charge in [-0.1, -0.05) is 156 Å². The first kappa shape index (κ1) is 30.1. The van der Waals surface area contributed by atoms with E-state index in [1.54, 1.807) is 0 Å². The molecule has 0 aliphatic heterocycles. The van der Waals surface area contributed by atoms with Crippen LogP contribution in [0.3, 0.4) is 0 Å². The molecule has 0 aliphatic rings. The molecule has 0 radical (unpaired) electrons. The van der Waals surface area contributed by atoms with E-state index in [1.807, 2.05) is 54.6 Å². The highest BCUT2D eigenvalue weighted by Gasteiger charge is 2.26. The maximum atomic E-state index is 11.1. The summed E-state index contributed by atoms with van der Waals surface area (Å²) in [5.41, 5.74) is 3.22. The van der Waals surface area contributed by atoms with Crippen LogP contribution in [0.2, 0.25) is 0 Å². The van der Waals surface area contributed by atoms with Crippen LogP contribution in [0.4, 0.5) is 0 Å². The molecule has 3 aromatic rings. The number of aliphatic hydroxyl groups is 1. The molecule has 0 heterocycles. The molecule has 1 N–H and O–H groups in total. The fraction of sp³-hybridized carbons (Fsp3) is 0.486. The molecule has 3 nitrogen and oxygen atoms in total. The average molecular weight is 517 g/mol. The van der Waals surface area contributed by atoms with Crippen molar-refractivity contribution in [3.63, 3.8) is 0 Å². The summed E-state index contributed by atoms with van der Waals surface area (Å²) in [5.74, 6) is 0. The predicted octanol–water partition coefficient (Wildman–Crippen LogP) is 9.20. The summed E-state index contributed by atoms with van der Waals surface area (Å²) in [6.07, 6.45) is 12.2. The van der Waals surface area contributed by atoms with Crippen molar-refractivity contribution >= 4 is 0 Å². The van der Waals surface area contributed by atoms with E-state index in [0.29, 0.717) is 19.6 Å². The van der Waals surface area contributed by atoms with E-state index in [2.05, 4.69) is 43.3 Å². The van der Waals surface area contributed by atoms with Gasteiger partial charge in [-0.3, -0.25) is 0 Å². The molecule has 0 amide bonds. The molecule has 3 aromatic carbocycles. The molecule has 3 heteroatoms. The number of ether oxygens (including phenoxy) is 2. The van der Waals surface area contributed by atoms with Crippen molar-refractivity contribution in [2.45, 2.75) is 109 Å². The van der Waals surface area contributed by atoms with Crippen LogP contribution >= 0.6 is 0 Å². The third kappa shape index (κ3) is 11.9. The largest absolute Gasteiger partial charge is 0.388 e. The second-order valence-corrected chi connectivity index (χ2v) is 10.4. The van der Waals surface area contributed by atoms with E-state index < -0.39 is 6.10 Å². The van der Waals surface area contributed by atoms with Crippen molar-refractivity contribution in [1.29, 1.82) is 0 Å². The Hall–Kier alpha value is -2.46. The van der Waals surface area contributed by atoms with Crippen LogP contribution in [0.15, 0.2) is 91.0 Å². The van der Waals surface area contributed by atoms with Gasteiger partial charge in [0.25, 0.3) is 0 Å². The third-order valence-corrected chi connectivity index (χ3v) is 7.26. The van der Waals surface area contributed by atoms with Gasteiger partial charge >= 0.3 is 0 Å². The van der Waals surface area contributed by atoms with Gasteiger partial charge in [-0.25, -0.2) is 0 Å². The van der Waals surface area contributed by atoms with Crippen molar-refractivity contribution in [3.8, 4) is 0 Å². The summed E-state index contributed by atoms with van der Waals surface area (Å²) < 4.78 is 13.1. The Morgan fingerprint density at radius 1 is 0.553 bits per heavy atom. The standard InChI is InChI=1S/C35H48O3/c1-2-3-4-5-6-7-8-9-19-26-34(37-28-30-20-13-10-14-21-30)35(38-29-31-22-15-11-16-23-31)27-33(36)32-24-17-12-18-25-32/h10-18,20-25,33-36H,2-9,19,26-29H2,1H3. The number of hydrogen-bond donors (Lipinski definition) is 1. The highest BCUT2D eigenvalue weighted by Crippen LogP contribution is 2.26. The summed E-state index contributed by atoms with van der Waals surface area (Å²) >= 11 is 0. The molecule has 0 aliphatic carbocycles. The van der Waals surface area contributed by atoms with Crippen LogP contribution < -0.4 is 0 Å². The lowest BCUT2D eigenvalue weighted by Gasteiger charge is -2.30. The van der Waals surface area contributed by atoms with Gasteiger partial charge < -0.3 is 14.6 Å². The van der Waals surface area contributed by atoms with Gasteiger partial charge in [-0.2, -0.15) is 0 Å². The topological polar surface area (TPSA) is 38.7 Å². The van der Waals surface area contributed by atoms with E-state index in [9.17, 15) is 5.11 Å². The monoisotopic (exact) mass is 516 g/mol. The number of benzene rings is 3. The van der Waals surface area contributed by atoms with Crippen LogP contribution in [0, 0.1) is 0 Å². The zero-order chi connectivity index (χ0) is 26.7. The first-order valence-electron chi connectivity index (χ1n) is 14.8. The Morgan fingerprint density at radius 3 is 1.53 bits per heavy atom. The summed E-state index contributed by atoms with van der Waals surface area (Å²) in [6, 6.07) is 30.5. The van der Waals surface area contributed by atoms with Gasteiger partial charge in [-0.15, -0.1) is 0 Å². The number of rotatable bonds is 20. The highest BCUT2D eigenvalue weighted by atomic mass is 16.5. The van der Waals surface area contributed by atoms with E-state index >= 15 is 0 Å². The number of hydrogen-bond acceptors (Lipinski definition) is 3. The zero-order valence-electron chi connectivity index (χ0n) is 23.3. The van der Waals surface area contributed by atoms with E-state index in [0.717, 1.165) is 29.5 Å². The average Bonchev–Trinajstić information content (AvgIpc) is 2.97. The first-order chi connectivity index (χ1) is 18.8. The summed E-state index contributed by atoms with van der Waals surface area (Å²) in [4.78, 5) is 0. The van der Waals surface area contributed by atoms with E-state index in [4.69, 9.17) is 9.47 Å². The van der Waals surface area contributed by atoms with Gasteiger partial charge in [0, 0.05) is 6.42 Å². The van der Waals surface area contributed by atoms with E-state index in [-0.39, 0.29) is 12.2 Å². The summed E-state index contributed by atoms with van der Waals surface area (Å²) in [5, 5.41) is 11.1. The molecular formula is C35H48O3. The normalized spacial score (nSPS) is 13.7. The second kappa shape index (κ2) is 18.7. The van der Waals surface area contributed by atoms with Crippen LogP contribution in [-0.2, 0) is 22.7 Å². The van der Waals surface area contributed by atoms with Crippen molar-refractivity contribution in [1.82, 2.24) is 0 Å². The van der Waals surface area contributed by atoms with Gasteiger partial charge in [-0.05, 0) is 23.1 Å². The van der Waals surface area contributed by atoms with Crippen molar-refractivity contribution in [2.24, 2.45) is 0 Å². The Bertz CT molecular complexity index is 945. The molecule has 206 valence electrons. The first-order valence-corrected chi connectivity index (χ1v) is 14.8. The van der Waals surface area contributed by atoms with Crippen LogP contribution in [0.25, 0.3) is 0 Å². The smallest absolute Gasteiger partial charge is 0.0869 e. The molecule has 0 aromatic heterocycles.